The molecule has 1 amide bonds. The highest BCUT2D eigenvalue weighted by molar-refractivity contribution is 7.99. The van der Waals surface area contributed by atoms with Crippen LogP contribution in [0.1, 0.15) is 31.7 Å². The molecular weight excluding hydrogens is 472 g/mol. The standard InChI is InChI=1S/C28H30N4O3S/c1-5-19(2)20-6-10-22(11-7-20)29-26(33)18-36-28-31-30-27(21-8-14-24(34-3)15-9-21)32(28)23-12-16-25(35-4)17-13-23/h6-17,19H,5,18H2,1-4H3,(H,29,33)/t19-/m1/s1. The fourth-order valence-electron chi connectivity index (χ4n) is 3.71. The number of methoxy groups -OCH3 is 2. The Balaban J connectivity index is 1.54. The topological polar surface area (TPSA) is 78.3 Å². The van der Waals surface area contributed by atoms with E-state index in [-0.39, 0.29) is 11.7 Å². The number of carbonyl (C=O) groups is 1. The number of anilines is 1. The van der Waals surface area contributed by atoms with Crippen molar-refractivity contribution in [2.45, 2.75) is 31.3 Å². The van der Waals surface area contributed by atoms with Crippen LogP contribution in [0.3, 0.4) is 0 Å². The zero-order valence-electron chi connectivity index (χ0n) is 20.9. The van der Waals surface area contributed by atoms with Crippen LogP contribution in [0.5, 0.6) is 11.5 Å². The van der Waals surface area contributed by atoms with Gasteiger partial charge in [0.2, 0.25) is 5.91 Å². The molecule has 36 heavy (non-hydrogen) atoms. The number of carbonyl (C=O) groups excluding carboxylic acids is 1. The number of ether oxygens (including phenoxy) is 2. The van der Waals surface area contributed by atoms with Crippen LogP contribution in [-0.4, -0.2) is 40.6 Å². The number of amides is 1. The number of benzene rings is 3. The van der Waals surface area contributed by atoms with Gasteiger partial charge in [-0.3, -0.25) is 9.36 Å². The first-order chi connectivity index (χ1) is 17.5. The monoisotopic (exact) mass is 502 g/mol. The lowest BCUT2D eigenvalue weighted by atomic mass is 9.99. The molecule has 0 fully saturated rings. The van der Waals surface area contributed by atoms with Crippen LogP contribution in [0, 0.1) is 0 Å². The van der Waals surface area contributed by atoms with Crippen LogP contribution in [0.25, 0.3) is 17.1 Å². The highest BCUT2D eigenvalue weighted by Crippen LogP contribution is 2.30. The molecule has 0 unspecified atom stereocenters. The smallest absolute Gasteiger partial charge is 0.234 e. The molecule has 0 saturated carbocycles. The van der Waals surface area contributed by atoms with Crippen molar-refractivity contribution in [1.29, 1.82) is 0 Å². The lowest BCUT2D eigenvalue weighted by Crippen LogP contribution is -2.14. The highest BCUT2D eigenvalue weighted by Gasteiger charge is 2.18. The predicted molar refractivity (Wildman–Crippen MR) is 144 cm³/mol. The van der Waals surface area contributed by atoms with Crippen LogP contribution in [0.2, 0.25) is 0 Å². The van der Waals surface area contributed by atoms with Crippen LogP contribution in [-0.2, 0) is 4.79 Å². The van der Waals surface area contributed by atoms with E-state index in [9.17, 15) is 4.79 Å². The molecular formula is C28H30N4O3S. The molecule has 7 nitrogen and oxygen atoms in total. The Morgan fingerprint density at radius 1 is 0.917 bits per heavy atom. The molecule has 1 N–H and O–H groups in total. The van der Waals surface area contributed by atoms with Gasteiger partial charge in [0, 0.05) is 16.9 Å². The Morgan fingerprint density at radius 3 is 2.11 bits per heavy atom. The summed E-state index contributed by atoms with van der Waals surface area (Å²) < 4.78 is 12.5. The Hall–Kier alpha value is -3.78. The lowest BCUT2D eigenvalue weighted by Gasteiger charge is -2.12. The quantitative estimate of drug-likeness (QED) is 0.260. The summed E-state index contributed by atoms with van der Waals surface area (Å²) in [6.45, 7) is 4.37. The number of hydrogen-bond donors (Lipinski definition) is 1. The molecule has 0 aliphatic carbocycles. The summed E-state index contributed by atoms with van der Waals surface area (Å²) in [6, 6.07) is 23.3. The Labute approximate surface area is 215 Å². The summed E-state index contributed by atoms with van der Waals surface area (Å²) in [4.78, 5) is 12.7. The SMILES string of the molecule is CC[C@@H](C)c1ccc(NC(=O)CSc2nnc(-c3ccc(OC)cc3)n2-c2ccc(OC)cc2)cc1. The third kappa shape index (κ3) is 5.88. The summed E-state index contributed by atoms with van der Waals surface area (Å²) in [5.74, 6) is 2.78. The van der Waals surface area contributed by atoms with Crippen molar-refractivity contribution in [2.75, 3.05) is 25.3 Å². The van der Waals surface area contributed by atoms with Crippen molar-refractivity contribution >= 4 is 23.4 Å². The molecule has 1 heterocycles. The molecule has 0 spiro atoms. The molecule has 1 aromatic heterocycles. The molecule has 1 atom stereocenters. The van der Waals surface area contributed by atoms with Crippen molar-refractivity contribution in [1.82, 2.24) is 14.8 Å². The van der Waals surface area contributed by atoms with Gasteiger partial charge in [0.1, 0.15) is 11.5 Å². The molecule has 0 saturated heterocycles. The van der Waals surface area contributed by atoms with Gasteiger partial charge in [-0.1, -0.05) is 37.7 Å². The molecule has 4 aromatic rings. The third-order valence-electron chi connectivity index (χ3n) is 6.02. The summed E-state index contributed by atoms with van der Waals surface area (Å²) in [6.07, 6.45) is 1.08. The second-order valence-electron chi connectivity index (χ2n) is 8.34. The fraction of sp³-hybridized carbons (Fsp3) is 0.250. The zero-order chi connectivity index (χ0) is 25.5. The summed E-state index contributed by atoms with van der Waals surface area (Å²) in [5, 5.41) is 12.4. The number of nitrogens with zero attached hydrogens (tertiary/aromatic N) is 3. The van der Waals surface area contributed by atoms with E-state index >= 15 is 0 Å². The molecule has 0 bridgehead atoms. The number of aromatic nitrogens is 3. The first-order valence-electron chi connectivity index (χ1n) is 11.8. The van der Waals surface area contributed by atoms with Gasteiger partial charge in [0.05, 0.1) is 20.0 Å². The third-order valence-corrected chi connectivity index (χ3v) is 6.95. The van der Waals surface area contributed by atoms with Gasteiger partial charge in [0.15, 0.2) is 11.0 Å². The predicted octanol–water partition coefficient (Wildman–Crippen LogP) is 6.20. The van der Waals surface area contributed by atoms with E-state index in [1.54, 1.807) is 14.2 Å². The highest BCUT2D eigenvalue weighted by atomic mass is 32.2. The second kappa shape index (κ2) is 11.8. The van der Waals surface area contributed by atoms with Gasteiger partial charge in [-0.2, -0.15) is 0 Å². The van der Waals surface area contributed by atoms with Crippen LogP contribution in [0.15, 0.2) is 78.0 Å². The molecule has 3 aromatic carbocycles. The Bertz CT molecular complexity index is 1290. The molecule has 0 aliphatic rings. The van der Waals surface area contributed by atoms with Gasteiger partial charge in [-0.15, -0.1) is 10.2 Å². The van der Waals surface area contributed by atoms with E-state index in [0.29, 0.717) is 16.9 Å². The largest absolute Gasteiger partial charge is 0.497 e. The zero-order valence-corrected chi connectivity index (χ0v) is 21.7. The van der Waals surface area contributed by atoms with E-state index in [2.05, 4.69) is 41.5 Å². The van der Waals surface area contributed by atoms with Gasteiger partial charge >= 0.3 is 0 Å². The number of rotatable bonds is 10. The first-order valence-corrected chi connectivity index (χ1v) is 12.8. The van der Waals surface area contributed by atoms with E-state index in [1.165, 1.54) is 17.3 Å². The van der Waals surface area contributed by atoms with Gasteiger partial charge in [-0.25, -0.2) is 0 Å². The lowest BCUT2D eigenvalue weighted by molar-refractivity contribution is -0.113. The van der Waals surface area contributed by atoms with Crippen molar-refractivity contribution < 1.29 is 14.3 Å². The molecule has 0 radical (unpaired) electrons. The minimum atomic E-state index is -0.105. The van der Waals surface area contributed by atoms with Gasteiger partial charge < -0.3 is 14.8 Å². The number of nitrogens with one attached hydrogen (secondary N) is 1. The molecule has 4 rings (SSSR count). The normalized spacial score (nSPS) is 11.7. The molecule has 0 aliphatic heterocycles. The fourth-order valence-corrected chi connectivity index (χ4v) is 4.46. The van der Waals surface area contributed by atoms with Gasteiger partial charge in [-0.05, 0) is 78.6 Å². The van der Waals surface area contributed by atoms with Crippen molar-refractivity contribution in [3.05, 3.63) is 78.4 Å². The van der Waals surface area contributed by atoms with Crippen LogP contribution < -0.4 is 14.8 Å². The maximum Gasteiger partial charge on any atom is 0.234 e. The Morgan fingerprint density at radius 2 is 1.53 bits per heavy atom. The van der Waals surface area contributed by atoms with Gasteiger partial charge in [0.25, 0.3) is 0 Å². The second-order valence-corrected chi connectivity index (χ2v) is 9.28. The molecule has 8 heteroatoms. The van der Waals surface area contributed by atoms with E-state index < -0.39 is 0 Å². The van der Waals surface area contributed by atoms with E-state index in [4.69, 9.17) is 9.47 Å². The summed E-state index contributed by atoms with van der Waals surface area (Å²) in [5.41, 5.74) is 3.80. The van der Waals surface area contributed by atoms with E-state index in [1.807, 2.05) is 65.2 Å². The van der Waals surface area contributed by atoms with Crippen molar-refractivity contribution in [3.63, 3.8) is 0 Å². The van der Waals surface area contributed by atoms with E-state index in [0.717, 1.165) is 34.9 Å². The number of thioether (sulfide) groups is 1. The minimum Gasteiger partial charge on any atom is -0.497 e. The summed E-state index contributed by atoms with van der Waals surface area (Å²) >= 11 is 1.34. The minimum absolute atomic E-state index is 0.105. The van der Waals surface area contributed by atoms with Crippen molar-refractivity contribution in [3.8, 4) is 28.6 Å². The first kappa shape index (κ1) is 25.3. The van der Waals surface area contributed by atoms with Crippen molar-refractivity contribution in [2.24, 2.45) is 0 Å². The average molecular weight is 503 g/mol. The maximum absolute atomic E-state index is 12.7. The summed E-state index contributed by atoms with van der Waals surface area (Å²) in [7, 11) is 3.27. The molecule has 186 valence electrons. The number of hydrogen-bond acceptors (Lipinski definition) is 6. The Kier molecular flexibility index (Phi) is 8.28. The van der Waals surface area contributed by atoms with Crippen LogP contribution in [0.4, 0.5) is 5.69 Å². The maximum atomic E-state index is 12.7. The average Bonchev–Trinajstić information content (AvgIpc) is 3.36. The van der Waals surface area contributed by atoms with Crippen LogP contribution >= 0.6 is 11.8 Å².